The Bertz CT molecular complexity index is 495. The van der Waals surface area contributed by atoms with Gasteiger partial charge >= 0.3 is 0 Å². The van der Waals surface area contributed by atoms with Gasteiger partial charge in [0.2, 0.25) is 5.95 Å². The lowest BCUT2D eigenvalue weighted by atomic mass is 9.99. The van der Waals surface area contributed by atoms with Gasteiger partial charge in [-0.3, -0.25) is 4.79 Å². The average Bonchev–Trinajstić information content (AvgIpc) is 2.46. The fourth-order valence-electron chi connectivity index (χ4n) is 2.44. The minimum atomic E-state index is 0.0274. The number of nitrogens with one attached hydrogen (secondary N) is 1. The number of rotatable bonds is 4. The molecule has 2 heterocycles. The summed E-state index contributed by atoms with van der Waals surface area (Å²) in [4.78, 5) is 23.3. The minimum Gasteiger partial charge on any atom is -0.352 e. The zero-order chi connectivity index (χ0) is 15.4. The van der Waals surface area contributed by atoms with Crippen molar-refractivity contribution in [2.24, 2.45) is 5.92 Å². The third kappa shape index (κ3) is 4.16. The second-order valence-electron chi connectivity index (χ2n) is 6.15. The molecular weight excluding hydrogens is 264 g/mol. The molecule has 1 saturated heterocycles. The molecule has 1 unspecified atom stereocenters. The van der Waals surface area contributed by atoms with Gasteiger partial charge < -0.3 is 10.2 Å². The molecule has 1 aromatic heterocycles. The summed E-state index contributed by atoms with van der Waals surface area (Å²) in [5.41, 5.74) is 1.33. The number of anilines is 1. The highest BCUT2D eigenvalue weighted by Crippen LogP contribution is 2.18. The predicted molar refractivity (Wildman–Crippen MR) is 84.4 cm³/mol. The number of hydrogen-bond acceptors (Lipinski definition) is 4. The molecule has 0 radical (unpaired) electrons. The van der Waals surface area contributed by atoms with Gasteiger partial charge in [-0.25, -0.2) is 9.97 Å². The Balaban J connectivity index is 2.13. The summed E-state index contributed by atoms with van der Waals surface area (Å²) in [5, 5.41) is 3.24. The number of nitrogens with zero attached hydrogens (tertiary/aromatic N) is 3. The van der Waals surface area contributed by atoms with Crippen LogP contribution >= 0.6 is 0 Å². The third-order valence-corrected chi connectivity index (χ3v) is 4.13. The molecular formula is C16H26N4O. The second kappa shape index (κ2) is 6.87. The van der Waals surface area contributed by atoms with Crippen LogP contribution in [-0.4, -0.2) is 39.9 Å². The van der Waals surface area contributed by atoms with Crippen LogP contribution in [0.2, 0.25) is 0 Å². The summed E-state index contributed by atoms with van der Waals surface area (Å²) in [5.74, 6) is 1.29. The van der Waals surface area contributed by atoms with Crippen LogP contribution in [0.15, 0.2) is 6.07 Å². The zero-order valence-corrected chi connectivity index (χ0v) is 13.5. The van der Waals surface area contributed by atoms with E-state index in [2.05, 4.69) is 36.1 Å². The van der Waals surface area contributed by atoms with Crippen LogP contribution in [0.5, 0.6) is 0 Å². The Hall–Kier alpha value is -1.65. The molecule has 0 spiro atoms. The van der Waals surface area contributed by atoms with Gasteiger partial charge in [-0.05, 0) is 45.1 Å². The second-order valence-corrected chi connectivity index (χ2v) is 6.15. The average molecular weight is 290 g/mol. The van der Waals surface area contributed by atoms with E-state index >= 15 is 0 Å². The topological polar surface area (TPSA) is 58.1 Å². The monoisotopic (exact) mass is 290 g/mol. The van der Waals surface area contributed by atoms with Crippen molar-refractivity contribution in [2.45, 2.75) is 53.0 Å². The molecule has 1 aliphatic rings. The molecule has 1 N–H and O–H groups in total. The lowest BCUT2D eigenvalue weighted by molar-refractivity contribution is 0.0691. The van der Waals surface area contributed by atoms with Crippen LogP contribution in [0.1, 0.15) is 56.2 Å². The first-order valence-electron chi connectivity index (χ1n) is 7.91. The van der Waals surface area contributed by atoms with Crippen LogP contribution in [0.4, 0.5) is 5.95 Å². The molecule has 0 saturated carbocycles. The maximum absolute atomic E-state index is 12.6. The van der Waals surface area contributed by atoms with Crippen LogP contribution < -0.4 is 5.32 Å². The van der Waals surface area contributed by atoms with Crippen molar-refractivity contribution in [2.75, 3.05) is 18.4 Å². The maximum Gasteiger partial charge on any atom is 0.272 e. The number of amides is 1. The van der Waals surface area contributed by atoms with Gasteiger partial charge in [0.1, 0.15) is 5.69 Å². The Labute approximate surface area is 127 Å². The normalized spacial score (nSPS) is 17.6. The van der Waals surface area contributed by atoms with Crippen molar-refractivity contribution in [3.05, 3.63) is 17.5 Å². The number of aromatic nitrogens is 2. The van der Waals surface area contributed by atoms with Gasteiger partial charge in [0.05, 0.1) is 0 Å². The standard InChI is InChI=1S/C16H26N4O/c1-5-12(3)17-16-18-13(4)10-14(19-16)15(21)20-8-6-11(2)7-9-20/h10-12H,5-9H2,1-4H3,(H,17,18,19). The number of likely N-dealkylation sites (tertiary alicyclic amines) is 1. The Morgan fingerprint density at radius 2 is 2.10 bits per heavy atom. The van der Waals surface area contributed by atoms with E-state index in [1.165, 1.54) is 0 Å². The largest absolute Gasteiger partial charge is 0.352 e. The van der Waals surface area contributed by atoms with Gasteiger partial charge in [-0.15, -0.1) is 0 Å². The van der Waals surface area contributed by atoms with Crippen molar-refractivity contribution in [3.8, 4) is 0 Å². The smallest absolute Gasteiger partial charge is 0.272 e. The minimum absolute atomic E-state index is 0.0274. The third-order valence-electron chi connectivity index (χ3n) is 4.13. The molecule has 0 aliphatic carbocycles. The van der Waals surface area contributed by atoms with Crippen molar-refractivity contribution >= 4 is 11.9 Å². The molecule has 1 fully saturated rings. The molecule has 1 atom stereocenters. The highest BCUT2D eigenvalue weighted by atomic mass is 16.2. The molecule has 116 valence electrons. The van der Waals surface area contributed by atoms with Crippen LogP contribution in [0.25, 0.3) is 0 Å². The summed E-state index contributed by atoms with van der Waals surface area (Å²) < 4.78 is 0. The number of hydrogen-bond donors (Lipinski definition) is 1. The zero-order valence-electron chi connectivity index (χ0n) is 13.5. The molecule has 1 aromatic rings. The lowest BCUT2D eigenvalue weighted by Crippen LogP contribution is -2.38. The SMILES string of the molecule is CCC(C)Nc1nc(C)cc(C(=O)N2CCC(C)CC2)n1. The number of carbonyl (C=O) groups excluding carboxylic acids is 1. The summed E-state index contributed by atoms with van der Waals surface area (Å²) in [6, 6.07) is 2.08. The number of piperidine rings is 1. The summed E-state index contributed by atoms with van der Waals surface area (Å²) in [7, 11) is 0. The fourth-order valence-corrected chi connectivity index (χ4v) is 2.44. The molecule has 1 aliphatic heterocycles. The summed E-state index contributed by atoms with van der Waals surface area (Å²) >= 11 is 0. The Kier molecular flexibility index (Phi) is 5.15. The van der Waals surface area contributed by atoms with E-state index < -0.39 is 0 Å². The van der Waals surface area contributed by atoms with Gasteiger partial charge in [-0.1, -0.05) is 13.8 Å². The van der Waals surface area contributed by atoms with E-state index in [0.29, 0.717) is 23.6 Å². The Morgan fingerprint density at radius 3 is 2.71 bits per heavy atom. The highest BCUT2D eigenvalue weighted by Gasteiger charge is 2.23. The van der Waals surface area contributed by atoms with Crippen molar-refractivity contribution < 1.29 is 4.79 Å². The number of aryl methyl sites for hydroxylation is 1. The number of carbonyl (C=O) groups is 1. The first-order chi connectivity index (χ1) is 9.99. The lowest BCUT2D eigenvalue weighted by Gasteiger charge is -2.30. The van der Waals surface area contributed by atoms with Gasteiger partial charge in [-0.2, -0.15) is 0 Å². The highest BCUT2D eigenvalue weighted by molar-refractivity contribution is 5.92. The van der Waals surface area contributed by atoms with E-state index in [1.807, 2.05) is 11.8 Å². The molecule has 5 heteroatoms. The van der Waals surface area contributed by atoms with E-state index in [0.717, 1.165) is 38.0 Å². The Morgan fingerprint density at radius 1 is 1.43 bits per heavy atom. The first-order valence-corrected chi connectivity index (χ1v) is 7.91. The van der Waals surface area contributed by atoms with Gasteiger partial charge in [0, 0.05) is 24.8 Å². The fraction of sp³-hybridized carbons (Fsp3) is 0.688. The summed E-state index contributed by atoms with van der Waals surface area (Å²) in [6.07, 6.45) is 3.14. The molecule has 5 nitrogen and oxygen atoms in total. The van der Waals surface area contributed by atoms with Crippen molar-refractivity contribution in [1.82, 2.24) is 14.9 Å². The maximum atomic E-state index is 12.6. The molecule has 2 rings (SSSR count). The van der Waals surface area contributed by atoms with E-state index in [1.54, 1.807) is 6.07 Å². The summed E-state index contributed by atoms with van der Waals surface area (Å²) in [6.45, 7) is 9.99. The van der Waals surface area contributed by atoms with E-state index in [9.17, 15) is 4.79 Å². The molecule has 0 bridgehead atoms. The van der Waals surface area contributed by atoms with E-state index in [4.69, 9.17) is 0 Å². The van der Waals surface area contributed by atoms with Crippen LogP contribution in [0, 0.1) is 12.8 Å². The predicted octanol–water partition coefficient (Wildman–Crippen LogP) is 2.87. The van der Waals surface area contributed by atoms with Crippen molar-refractivity contribution in [3.63, 3.8) is 0 Å². The quantitative estimate of drug-likeness (QED) is 0.926. The van der Waals surface area contributed by atoms with Gasteiger partial charge in [0.15, 0.2) is 0 Å². The van der Waals surface area contributed by atoms with Crippen LogP contribution in [0.3, 0.4) is 0 Å². The van der Waals surface area contributed by atoms with Crippen molar-refractivity contribution in [1.29, 1.82) is 0 Å². The molecule has 21 heavy (non-hydrogen) atoms. The molecule has 1 amide bonds. The van der Waals surface area contributed by atoms with E-state index in [-0.39, 0.29) is 5.91 Å². The molecule has 0 aromatic carbocycles. The van der Waals surface area contributed by atoms with Gasteiger partial charge in [0.25, 0.3) is 5.91 Å². The van der Waals surface area contributed by atoms with Crippen LogP contribution in [-0.2, 0) is 0 Å². The first kappa shape index (κ1) is 15.7.